The van der Waals surface area contributed by atoms with E-state index in [1.165, 1.54) is 51.0 Å². The highest BCUT2D eigenvalue weighted by atomic mass is 19.2. The Kier molecular flexibility index (Phi) is 8.26. The van der Waals surface area contributed by atoms with Crippen molar-refractivity contribution in [2.75, 3.05) is 0 Å². The molecule has 3 rings (SSSR count). The van der Waals surface area contributed by atoms with Gasteiger partial charge in [-0.15, -0.1) is 0 Å². The molecule has 0 saturated heterocycles. The van der Waals surface area contributed by atoms with E-state index in [0.29, 0.717) is 0 Å². The van der Waals surface area contributed by atoms with E-state index < -0.39 is 17.6 Å². The van der Waals surface area contributed by atoms with E-state index in [-0.39, 0.29) is 11.7 Å². The van der Waals surface area contributed by atoms with E-state index in [4.69, 9.17) is 4.74 Å². The van der Waals surface area contributed by atoms with Crippen molar-refractivity contribution in [3.05, 3.63) is 47.5 Å². The second-order valence-corrected chi connectivity index (χ2v) is 8.82. The van der Waals surface area contributed by atoms with Gasteiger partial charge in [-0.3, -0.25) is 0 Å². The highest BCUT2D eigenvalue weighted by Gasteiger charge is 2.31. The normalized spacial score (nSPS) is 27.8. The molecule has 2 nitrogen and oxygen atoms in total. The molecule has 160 valence electrons. The van der Waals surface area contributed by atoms with Crippen LogP contribution in [0.1, 0.15) is 87.9 Å². The first kappa shape index (κ1) is 22.0. The van der Waals surface area contributed by atoms with Crippen LogP contribution in [0.2, 0.25) is 0 Å². The van der Waals surface area contributed by atoms with Crippen LogP contribution in [0.25, 0.3) is 0 Å². The minimum absolute atomic E-state index is 0.0799. The number of carbonyl (C=O) groups excluding carboxylic acids is 1. The van der Waals surface area contributed by atoms with Gasteiger partial charge in [-0.1, -0.05) is 31.9 Å². The Hall–Kier alpha value is -1.71. The van der Waals surface area contributed by atoms with Crippen LogP contribution in [0, 0.1) is 29.4 Å². The van der Waals surface area contributed by atoms with Crippen LogP contribution in [0.15, 0.2) is 30.4 Å². The lowest BCUT2D eigenvalue weighted by Crippen LogP contribution is -2.29. The van der Waals surface area contributed by atoms with Gasteiger partial charge in [0.2, 0.25) is 0 Å². The van der Waals surface area contributed by atoms with Crippen LogP contribution in [-0.4, -0.2) is 12.1 Å². The van der Waals surface area contributed by atoms with Crippen LogP contribution >= 0.6 is 0 Å². The lowest BCUT2D eigenvalue weighted by atomic mass is 9.70. The van der Waals surface area contributed by atoms with Crippen molar-refractivity contribution in [2.24, 2.45) is 17.8 Å². The average Bonchev–Trinajstić information content (AvgIpc) is 2.74. The van der Waals surface area contributed by atoms with E-state index >= 15 is 0 Å². The summed E-state index contributed by atoms with van der Waals surface area (Å²) in [6, 6.07) is 3.16. The SMILES string of the molecule is CCCC/C=C/C1CCC(C2CCC(OC(=O)c3ccc(F)c(F)c3)CC2)CC1. The fourth-order valence-corrected chi connectivity index (χ4v) is 4.94. The lowest BCUT2D eigenvalue weighted by molar-refractivity contribution is 0.0113. The number of hydrogen-bond acceptors (Lipinski definition) is 2. The lowest BCUT2D eigenvalue weighted by Gasteiger charge is -2.37. The van der Waals surface area contributed by atoms with Gasteiger partial charge in [-0.25, -0.2) is 13.6 Å². The van der Waals surface area contributed by atoms with Crippen molar-refractivity contribution in [2.45, 2.75) is 83.7 Å². The smallest absolute Gasteiger partial charge is 0.338 e. The first-order valence-corrected chi connectivity index (χ1v) is 11.4. The molecule has 2 aliphatic carbocycles. The molecule has 29 heavy (non-hydrogen) atoms. The largest absolute Gasteiger partial charge is 0.459 e. The standard InChI is InChI=1S/C25H34F2O2/c1-2-3-4-5-6-18-7-9-19(10-8-18)20-11-14-22(15-12-20)29-25(28)21-13-16-23(26)24(27)17-21/h5-6,13,16-20,22H,2-4,7-12,14-15H2,1H3/b6-5+. The number of carbonyl (C=O) groups is 1. The van der Waals surface area contributed by atoms with Crippen molar-refractivity contribution in [3.63, 3.8) is 0 Å². The van der Waals surface area contributed by atoms with Crippen LogP contribution in [0.3, 0.4) is 0 Å². The van der Waals surface area contributed by atoms with E-state index in [1.54, 1.807) is 0 Å². The van der Waals surface area contributed by atoms with E-state index in [2.05, 4.69) is 19.1 Å². The van der Waals surface area contributed by atoms with E-state index in [0.717, 1.165) is 55.6 Å². The molecule has 0 spiro atoms. The number of rotatable bonds is 7. The predicted molar refractivity (Wildman–Crippen MR) is 112 cm³/mol. The summed E-state index contributed by atoms with van der Waals surface area (Å²) in [6.07, 6.45) is 17.6. The predicted octanol–water partition coefficient (Wildman–Crippen LogP) is 7.23. The highest BCUT2D eigenvalue weighted by Crippen LogP contribution is 2.41. The van der Waals surface area contributed by atoms with Gasteiger partial charge in [0, 0.05) is 0 Å². The van der Waals surface area contributed by atoms with Gasteiger partial charge in [-0.2, -0.15) is 0 Å². The van der Waals surface area contributed by atoms with Crippen LogP contribution in [0.5, 0.6) is 0 Å². The fourth-order valence-electron chi connectivity index (χ4n) is 4.94. The van der Waals surface area contributed by atoms with Gasteiger partial charge in [0.05, 0.1) is 5.56 Å². The van der Waals surface area contributed by atoms with Gasteiger partial charge < -0.3 is 4.74 Å². The Morgan fingerprint density at radius 2 is 1.66 bits per heavy atom. The van der Waals surface area contributed by atoms with Crippen molar-refractivity contribution in [1.82, 2.24) is 0 Å². The zero-order valence-electron chi connectivity index (χ0n) is 17.5. The Balaban J connectivity index is 1.39. The summed E-state index contributed by atoms with van der Waals surface area (Å²) in [5.74, 6) is -0.220. The topological polar surface area (TPSA) is 26.3 Å². The highest BCUT2D eigenvalue weighted by molar-refractivity contribution is 5.89. The maximum Gasteiger partial charge on any atom is 0.338 e. The van der Waals surface area contributed by atoms with E-state index in [1.807, 2.05) is 0 Å². The number of benzene rings is 1. The van der Waals surface area contributed by atoms with Gasteiger partial charge in [0.15, 0.2) is 11.6 Å². The zero-order chi connectivity index (χ0) is 20.6. The molecule has 2 saturated carbocycles. The summed E-state index contributed by atoms with van der Waals surface area (Å²) >= 11 is 0. The maximum atomic E-state index is 13.3. The third-order valence-electron chi connectivity index (χ3n) is 6.76. The van der Waals surface area contributed by atoms with Crippen molar-refractivity contribution >= 4 is 5.97 Å². The molecule has 2 aliphatic rings. The molecule has 2 fully saturated rings. The second-order valence-electron chi connectivity index (χ2n) is 8.82. The minimum atomic E-state index is -1.01. The maximum absolute atomic E-state index is 13.3. The number of esters is 1. The molecule has 0 atom stereocenters. The molecule has 0 bridgehead atoms. The fraction of sp³-hybridized carbons (Fsp3) is 0.640. The molecule has 4 heteroatoms. The molecule has 1 aromatic rings. The van der Waals surface area contributed by atoms with Crippen molar-refractivity contribution < 1.29 is 18.3 Å². The molecule has 0 heterocycles. The Morgan fingerprint density at radius 1 is 1.00 bits per heavy atom. The molecule has 0 aliphatic heterocycles. The molecule has 0 radical (unpaired) electrons. The molecular weight excluding hydrogens is 370 g/mol. The first-order chi connectivity index (χ1) is 14.1. The quantitative estimate of drug-likeness (QED) is 0.272. The van der Waals surface area contributed by atoms with Crippen molar-refractivity contribution in [1.29, 1.82) is 0 Å². The molecule has 1 aromatic carbocycles. The van der Waals surface area contributed by atoms with Gasteiger partial charge in [0.25, 0.3) is 0 Å². The molecule has 0 aromatic heterocycles. The molecule has 0 N–H and O–H groups in total. The van der Waals surface area contributed by atoms with Gasteiger partial charge in [-0.05, 0) is 93.7 Å². The Bertz CT molecular complexity index is 684. The van der Waals surface area contributed by atoms with Crippen molar-refractivity contribution in [3.8, 4) is 0 Å². The van der Waals surface area contributed by atoms with Crippen LogP contribution < -0.4 is 0 Å². The first-order valence-electron chi connectivity index (χ1n) is 11.4. The van der Waals surface area contributed by atoms with Crippen LogP contribution in [0.4, 0.5) is 8.78 Å². The summed E-state index contributed by atoms with van der Waals surface area (Å²) in [6.45, 7) is 2.23. The summed E-state index contributed by atoms with van der Waals surface area (Å²) in [5, 5.41) is 0. The van der Waals surface area contributed by atoms with Gasteiger partial charge in [0.1, 0.15) is 6.10 Å². The Labute approximate surface area is 173 Å². The second kappa shape index (κ2) is 10.9. The van der Waals surface area contributed by atoms with Gasteiger partial charge >= 0.3 is 5.97 Å². The average molecular weight is 405 g/mol. The third kappa shape index (κ3) is 6.38. The monoisotopic (exact) mass is 404 g/mol. The number of allylic oxidation sites excluding steroid dienone is 2. The van der Waals surface area contributed by atoms with Crippen LogP contribution in [-0.2, 0) is 4.74 Å². The molecular formula is C25H34F2O2. The molecule has 0 amide bonds. The third-order valence-corrected chi connectivity index (χ3v) is 6.76. The number of hydrogen-bond donors (Lipinski definition) is 0. The Morgan fingerprint density at radius 3 is 2.28 bits per heavy atom. The number of halogens is 2. The number of ether oxygens (including phenoxy) is 1. The summed E-state index contributed by atoms with van der Waals surface area (Å²) in [7, 11) is 0. The summed E-state index contributed by atoms with van der Waals surface area (Å²) in [4.78, 5) is 12.2. The summed E-state index contributed by atoms with van der Waals surface area (Å²) < 4.78 is 31.9. The summed E-state index contributed by atoms with van der Waals surface area (Å²) in [5.41, 5.74) is 0.0799. The van der Waals surface area contributed by atoms with E-state index in [9.17, 15) is 13.6 Å². The minimum Gasteiger partial charge on any atom is -0.459 e. The number of unbranched alkanes of at least 4 members (excludes halogenated alkanes) is 2. The zero-order valence-corrected chi connectivity index (χ0v) is 17.5. The molecule has 0 unspecified atom stereocenters.